The molecule has 1 fully saturated rings. The van der Waals surface area contributed by atoms with E-state index in [1.54, 1.807) is 0 Å². The van der Waals surface area contributed by atoms with Crippen LogP contribution in [0.2, 0.25) is 5.02 Å². The molecule has 1 N–H and O–H groups in total. The van der Waals surface area contributed by atoms with Gasteiger partial charge in [-0.15, -0.1) is 0 Å². The molecule has 0 saturated heterocycles. The third-order valence-corrected chi connectivity index (χ3v) is 5.01. The molecule has 0 aromatic heterocycles. The lowest BCUT2D eigenvalue weighted by Gasteiger charge is -2.28. The van der Waals surface area contributed by atoms with Crippen LogP contribution in [-0.2, 0) is 0 Å². The smallest absolute Gasteiger partial charge is 0.0464 e. The molecule has 1 saturated carbocycles. The number of halogens is 2. The Bertz CT molecular complexity index is 421. The Labute approximate surface area is 130 Å². The van der Waals surface area contributed by atoms with Crippen LogP contribution in [-0.4, -0.2) is 6.54 Å². The lowest BCUT2D eigenvalue weighted by Crippen LogP contribution is -2.28. The second-order valence-corrected chi connectivity index (χ2v) is 7.26. The molecule has 2 rings (SSSR count). The molecular formula is C16H23BrClN. The van der Waals surface area contributed by atoms with Crippen LogP contribution in [0.15, 0.2) is 22.7 Å². The van der Waals surface area contributed by atoms with Crippen molar-refractivity contribution in [2.24, 2.45) is 11.8 Å². The first-order valence-corrected chi connectivity index (χ1v) is 8.41. The minimum absolute atomic E-state index is 0.317. The van der Waals surface area contributed by atoms with Crippen LogP contribution in [0.25, 0.3) is 0 Å². The molecule has 3 unspecified atom stereocenters. The van der Waals surface area contributed by atoms with Crippen LogP contribution in [0.3, 0.4) is 0 Å². The quantitative estimate of drug-likeness (QED) is 0.752. The van der Waals surface area contributed by atoms with E-state index in [9.17, 15) is 0 Å². The lowest BCUT2D eigenvalue weighted by molar-refractivity contribution is 0.268. The summed E-state index contributed by atoms with van der Waals surface area (Å²) in [5, 5.41) is 4.49. The number of hydrogen-bond acceptors (Lipinski definition) is 1. The molecule has 3 heteroatoms. The Morgan fingerprint density at radius 1 is 1.42 bits per heavy atom. The summed E-state index contributed by atoms with van der Waals surface area (Å²) in [5.74, 6) is 1.73. The molecule has 1 aromatic carbocycles. The van der Waals surface area contributed by atoms with Crippen LogP contribution < -0.4 is 5.32 Å². The predicted octanol–water partition coefficient (Wildman–Crippen LogP) is 5.58. The highest BCUT2D eigenvalue weighted by atomic mass is 79.9. The zero-order valence-electron chi connectivity index (χ0n) is 11.8. The van der Waals surface area contributed by atoms with E-state index in [1.807, 2.05) is 6.07 Å². The van der Waals surface area contributed by atoms with Crippen molar-refractivity contribution < 1.29 is 0 Å². The average Bonchev–Trinajstić information content (AvgIpc) is 2.36. The summed E-state index contributed by atoms with van der Waals surface area (Å²) in [6, 6.07) is 6.45. The molecule has 0 radical (unpaired) electrons. The fourth-order valence-electron chi connectivity index (χ4n) is 3.05. The Morgan fingerprint density at radius 3 is 2.89 bits per heavy atom. The highest BCUT2D eigenvalue weighted by Crippen LogP contribution is 2.30. The van der Waals surface area contributed by atoms with E-state index < -0.39 is 0 Å². The van der Waals surface area contributed by atoms with Crippen molar-refractivity contribution in [1.82, 2.24) is 5.32 Å². The molecule has 0 heterocycles. The molecule has 0 spiro atoms. The van der Waals surface area contributed by atoms with Crippen molar-refractivity contribution in [3.05, 3.63) is 33.3 Å². The number of hydrogen-bond donors (Lipinski definition) is 1. The van der Waals surface area contributed by atoms with Gasteiger partial charge in [0.05, 0.1) is 0 Å². The average molecular weight is 345 g/mol. The molecule has 19 heavy (non-hydrogen) atoms. The summed E-state index contributed by atoms with van der Waals surface area (Å²) in [4.78, 5) is 0. The summed E-state index contributed by atoms with van der Waals surface area (Å²) < 4.78 is 1.04. The Balaban J connectivity index is 1.88. The summed E-state index contributed by atoms with van der Waals surface area (Å²) in [7, 11) is 0. The van der Waals surface area contributed by atoms with E-state index in [1.165, 1.54) is 31.2 Å². The van der Waals surface area contributed by atoms with E-state index in [4.69, 9.17) is 11.6 Å². The molecule has 1 aliphatic carbocycles. The van der Waals surface area contributed by atoms with E-state index >= 15 is 0 Å². The second kappa shape index (κ2) is 7.10. The van der Waals surface area contributed by atoms with Gasteiger partial charge >= 0.3 is 0 Å². The first-order chi connectivity index (χ1) is 9.06. The zero-order chi connectivity index (χ0) is 13.8. The minimum Gasteiger partial charge on any atom is -0.310 e. The lowest BCUT2D eigenvalue weighted by atomic mass is 9.82. The van der Waals surface area contributed by atoms with Gasteiger partial charge in [0.25, 0.3) is 0 Å². The fraction of sp³-hybridized carbons (Fsp3) is 0.625. The van der Waals surface area contributed by atoms with E-state index in [0.29, 0.717) is 6.04 Å². The molecule has 0 amide bonds. The first kappa shape index (κ1) is 15.3. The molecule has 0 aliphatic heterocycles. The van der Waals surface area contributed by atoms with Gasteiger partial charge in [0.15, 0.2) is 0 Å². The van der Waals surface area contributed by atoms with Crippen molar-refractivity contribution in [2.75, 3.05) is 6.54 Å². The zero-order valence-corrected chi connectivity index (χ0v) is 14.1. The number of rotatable bonds is 4. The van der Waals surface area contributed by atoms with Gasteiger partial charge in [0.1, 0.15) is 0 Å². The topological polar surface area (TPSA) is 12.0 Å². The third-order valence-electron chi connectivity index (χ3n) is 4.19. The maximum Gasteiger partial charge on any atom is 0.0464 e. The van der Waals surface area contributed by atoms with Gasteiger partial charge in [0, 0.05) is 15.5 Å². The monoisotopic (exact) mass is 343 g/mol. The molecule has 1 aromatic rings. The normalized spacial score (nSPS) is 25.3. The van der Waals surface area contributed by atoms with Crippen molar-refractivity contribution in [1.29, 1.82) is 0 Å². The summed E-state index contributed by atoms with van der Waals surface area (Å²) >= 11 is 9.75. The van der Waals surface area contributed by atoms with Crippen molar-refractivity contribution in [3.8, 4) is 0 Å². The Morgan fingerprint density at radius 2 is 2.21 bits per heavy atom. The first-order valence-electron chi connectivity index (χ1n) is 7.24. The number of nitrogens with one attached hydrogen (secondary N) is 1. The Kier molecular flexibility index (Phi) is 5.73. The SMILES string of the molecule is CC1CCCC(CNC(C)c2ccc(Br)cc2Cl)C1. The van der Waals surface area contributed by atoms with Crippen LogP contribution in [0.4, 0.5) is 0 Å². The van der Waals surface area contributed by atoms with Crippen molar-refractivity contribution in [2.45, 2.75) is 45.6 Å². The van der Waals surface area contributed by atoms with Crippen LogP contribution in [0.1, 0.15) is 51.1 Å². The molecule has 106 valence electrons. The van der Waals surface area contributed by atoms with Gasteiger partial charge in [-0.2, -0.15) is 0 Å². The number of benzene rings is 1. The summed E-state index contributed by atoms with van der Waals surface area (Å²) in [5.41, 5.74) is 1.19. The van der Waals surface area contributed by atoms with Gasteiger partial charge in [-0.1, -0.05) is 53.4 Å². The third kappa shape index (κ3) is 4.47. The van der Waals surface area contributed by atoms with Crippen LogP contribution in [0.5, 0.6) is 0 Å². The highest BCUT2D eigenvalue weighted by molar-refractivity contribution is 9.10. The van der Waals surface area contributed by atoms with E-state index in [0.717, 1.165) is 27.9 Å². The van der Waals surface area contributed by atoms with Crippen molar-refractivity contribution in [3.63, 3.8) is 0 Å². The van der Waals surface area contributed by atoms with E-state index in [-0.39, 0.29) is 0 Å². The summed E-state index contributed by atoms with van der Waals surface area (Å²) in [6.45, 7) is 5.68. The van der Waals surface area contributed by atoms with Gasteiger partial charge in [-0.25, -0.2) is 0 Å². The van der Waals surface area contributed by atoms with Crippen LogP contribution >= 0.6 is 27.5 Å². The minimum atomic E-state index is 0.317. The van der Waals surface area contributed by atoms with Crippen LogP contribution in [0, 0.1) is 11.8 Å². The predicted molar refractivity (Wildman–Crippen MR) is 86.7 cm³/mol. The molecule has 1 nitrogen and oxygen atoms in total. The van der Waals surface area contributed by atoms with Gasteiger partial charge < -0.3 is 5.32 Å². The largest absolute Gasteiger partial charge is 0.310 e. The molecule has 3 atom stereocenters. The molecule has 0 bridgehead atoms. The van der Waals surface area contributed by atoms with Gasteiger partial charge in [0.2, 0.25) is 0 Å². The molecular weight excluding hydrogens is 322 g/mol. The Hall–Kier alpha value is -0.0500. The maximum absolute atomic E-state index is 6.30. The maximum atomic E-state index is 6.30. The van der Waals surface area contributed by atoms with E-state index in [2.05, 4.69) is 47.2 Å². The van der Waals surface area contributed by atoms with Gasteiger partial charge in [-0.05, 0) is 55.8 Å². The van der Waals surface area contributed by atoms with Gasteiger partial charge in [-0.3, -0.25) is 0 Å². The highest BCUT2D eigenvalue weighted by Gasteiger charge is 2.19. The second-order valence-electron chi connectivity index (χ2n) is 5.93. The van der Waals surface area contributed by atoms with Crippen molar-refractivity contribution >= 4 is 27.5 Å². The standard InChI is InChI=1S/C16H23BrClN/c1-11-4-3-5-13(8-11)10-19-12(2)15-7-6-14(17)9-16(15)18/h6-7,9,11-13,19H,3-5,8,10H2,1-2H3. The summed E-state index contributed by atoms with van der Waals surface area (Å²) in [6.07, 6.45) is 5.54. The molecule has 1 aliphatic rings. The fourth-order valence-corrected chi connectivity index (χ4v) is 3.89.